The third kappa shape index (κ3) is 4.34. The average molecular weight is 507 g/mol. The van der Waals surface area contributed by atoms with Gasteiger partial charge in [0.05, 0.1) is 15.1 Å². The van der Waals surface area contributed by atoms with Crippen molar-refractivity contribution in [1.82, 2.24) is 20.2 Å². The fourth-order valence-corrected chi connectivity index (χ4v) is 6.43. The van der Waals surface area contributed by atoms with Gasteiger partial charge in [-0.05, 0) is 24.8 Å². The summed E-state index contributed by atoms with van der Waals surface area (Å²) in [6, 6.07) is -0.376. The zero-order valence-corrected chi connectivity index (χ0v) is 19.9. The molecule has 4 unspecified atom stereocenters. The maximum Gasteiger partial charge on any atom is 0.262 e. The minimum Gasteiger partial charge on any atom is -0.366 e. The van der Waals surface area contributed by atoms with E-state index >= 15 is 0 Å². The van der Waals surface area contributed by atoms with Crippen LogP contribution in [0.1, 0.15) is 41.8 Å². The van der Waals surface area contributed by atoms with Crippen molar-refractivity contribution in [3.63, 3.8) is 0 Å². The van der Waals surface area contributed by atoms with Crippen LogP contribution in [-0.4, -0.2) is 69.2 Å². The van der Waals surface area contributed by atoms with Crippen molar-refractivity contribution in [2.45, 2.75) is 55.7 Å². The van der Waals surface area contributed by atoms with E-state index in [0.29, 0.717) is 5.56 Å². The molecule has 180 valence electrons. The summed E-state index contributed by atoms with van der Waals surface area (Å²) < 4.78 is 20.1. The van der Waals surface area contributed by atoms with Crippen LogP contribution >= 0.6 is 22.9 Å². The number of halogens is 2. The lowest BCUT2D eigenvalue weighted by Crippen LogP contribution is -2.55. The van der Waals surface area contributed by atoms with Crippen molar-refractivity contribution in [2.75, 3.05) is 13.2 Å². The molecule has 4 atom stereocenters. The molecule has 0 bridgehead atoms. The second-order valence-corrected chi connectivity index (χ2v) is 10.6. The van der Waals surface area contributed by atoms with Crippen molar-refractivity contribution in [1.29, 1.82) is 0 Å². The van der Waals surface area contributed by atoms with E-state index in [4.69, 9.17) is 16.3 Å². The van der Waals surface area contributed by atoms with Crippen LogP contribution in [0.3, 0.4) is 0 Å². The van der Waals surface area contributed by atoms with Gasteiger partial charge in [0.15, 0.2) is 5.78 Å². The number of aromatic nitrogens is 2. The molecule has 3 fully saturated rings. The molecular formula is C23H24ClFN4O4S. The van der Waals surface area contributed by atoms with E-state index in [9.17, 15) is 18.8 Å². The number of ether oxygens (including phenoxy) is 1. The number of likely N-dealkylation sites (tertiary alicyclic amines) is 1. The Morgan fingerprint density at radius 1 is 1.24 bits per heavy atom. The first-order valence-corrected chi connectivity index (χ1v) is 12.6. The van der Waals surface area contributed by atoms with E-state index in [-0.39, 0.29) is 40.5 Å². The first-order chi connectivity index (χ1) is 16.4. The van der Waals surface area contributed by atoms with Crippen LogP contribution in [-0.2, 0) is 14.3 Å². The molecule has 2 amide bonds. The van der Waals surface area contributed by atoms with Crippen molar-refractivity contribution in [3.8, 4) is 10.4 Å². The summed E-state index contributed by atoms with van der Waals surface area (Å²) in [5.74, 6) is -1.65. The smallest absolute Gasteiger partial charge is 0.262 e. The molecule has 4 heterocycles. The van der Waals surface area contributed by atoms with Gasteiger partial charge < -0.3 is 15.0 Å². The standard InChI is InChI=1S/C23H24ClFN4O4S/c24-14-9-29(19-16(30)10-33-20(14)19)23(32)18(12-4-2-1-3-5-12)28-22(31)17-6-15(25)21(34-17)13-7-26-11-27-8-13/h6-8,11-12,14,18-20H,1-5,9-10H2,(H,28,31). The number of nitrogens with one attached hydrogen (secondary N) is 1. The van der Waals surface area contributed by atoms with Gasteiger partial charge in [-0.15, -0.1) is 22.9 Å². The first-order valence-electron chi connectivity index (χ1n) is 11.4. The van der Waals surface area contributed by atoms with Crippen LogP contribution in [0.2, 0.25) is 0 Å². The number of hydrogen-bond acceptors (Lipinski definition) is 7. The van der Waals surface area contributed by atoms with E-state index in [2.05, 4.69) is 15.3 Å². The van der Waals surface area contributed by atoms with Gasteiger partial charge in [0.2, 0.25) is 5.91 Å². The number of fused-ring (bicyclic) bond motifs is 1. The van der Waals surface area contributed by atoms with Crippen LogP contribution in [0.15, 0.2) is 24.8 Å². The zero-order valence-electron chi connectivity index (χ0n) is 18.3. The molecule has 1 saturated carbocycles. The molecule has 1 aliphatic carbocycles. The number of carbonyl (C=O) groups excluding carboxylic acids is 3. The van der Waals surface area contributed by atoms with E-state index in [1.807, 2.05) is 0 Å². The van der Waals surface area contributed by atoms with Crippen LogP contribution in [0.4, 0.5) is 4.39 Å². The normalized spacial score (nSPS) is 25.9. The lowest BCUT2D eigenvalue weighted by molar-refractivity contribution is -0.139. The van der Waals surface area contributed by atoms with Crippen molar-refractivity contribution in [3.05, 3.63) is 35.5 Å². The monoisotopic (exact) mass is 506 g/mol. The fraction of sp³-hybridized carbons (Fsp3) is 0.522. The number of carbonyl (C=O) groups is 3. The number of amides is 2. The van der Waals surface area contributed by atoms with Crippen molar-refractivity contribution < 1.29 is 23.5 Å². The maximum absolute atomic E-state index is 14.6. The lowest BCUT2D eigenvalue weighted by atomic mass is 9.83. The summed E-state index contributed by atoms with van der Waals surface area (Å²) in [6.45, 7) is 0.121. The Kier molecular flexibility index (Phi) is 6.63. The third-order valence-corrected chi connectivity index (χ3v) is 8.36. The quantitative estimate of drug-likeness (QED) is 0.626. The van der Waals surface area contributed by atoms with Gasteiger partial charge in [-0.25, -0.2) is 14.4 Å². The highest BCUT2D eigenvalue weighted by Crippen LogP contribution is 2.35. The zero-order chi connectivity index (χ0) is 23.8. The molecule has 1 N–H and O–H groups in total. The molecule has 2 aromatic rings. The predicted octanol–water partition coefficient (Wildman–Crippen LogP) is 2.81. The largest absolute Gasteiger partial charge is 0.366 e. The number of ketones is 1. The predicted molar refractivity (Wildman–Crippen MR) is 123 cm³/mol. The van der Waals surface area contributed by atoms with Gasteiger partial charge in [-0.2, -0.15) is 0 Å². The highest BCUT2D eigenvalue weighted by atomic mass is 35.5. The fourth-order valence-electron chi connectivity index (χ4n) is 5.16. The number of thiophene rings is 1. The number of nitrogens with zero attached hydrogens (tertiary/aromatic N) is 3. The molecule has 3 aliphatic rings. The maximum atomic E-state index is 14.6. The topological polar surface area (TPSA) is 101 Å². The average Bonchev–Trinajstić information content (AvgIpc) is 3.53. The molecular weight excluding hydrogens is 483 g/mol. The van der Waals surface area contributed by atoms with Crippen LogP contribution in [0, 0.1) is 11.7 Å². The van der Waals surface area contributed by atoms with Gasteiger partial charge in [0.25, 0.3) is 5.91 Å². The molecule has 8 nitrogen and oxygen atoms in total. The van der Waals surface area contributed by atoms with Crippen molar-refractivity contribution in [2.24, 2.45) is 5.92 Å². The molecule has 2 aliphatic heterocycles. The summed E-state index contributed by atoms with van der Waals surface area (Å²) in [7, 11) is 0. The summed E-state index contributed by atoms with van der Waals surface area (Å²) >= 11 is 7.36. The first kappa shape index (κ1) is 23.3. The van der Waals surface area contributed by atoms with Gasteiger partial charge in [0, 0.05) is 24.5 Å². The van der Waals surface area contributed by atoms with Gasteiger partial charge in [0.1, 0.15) is 36.9 Å². The molecule has 5 rings (SSSR count). The van der Waals surface area contributed by atoms with Crippen LogP contribution in [0.5, 0.6) is 0 Å². The summed E-state index contributed by atoms with van der Waals surface area (Å²) in [5.41, 5.74) is 0.472. The Bertz CT molecular complexity index is 1090. The third-order valence-electron chi connectivity index (χ3n) is 6.81. The SMILES string of the molecule is O=C(NC(C(=O)N1CC(Cl)C2OCC(=O)C21)C1CCCCC1)c1cc(F)c(-c2cncnc2)s1. The Morgan fingerprint density at radius 2 is 1.97 bits per heavy atom. The van der Waals surface area contributed by atoms with E-state index in [1.165, 1.54) is 29.7 Å². The number of Topliss-reactive ketones (excluding diaryl/α,β-unsaturated/α-hetero) is 1. The summed E-state index contributed by atoms with van der Waals surface area (Å²) in [4.78, 5) is 49.0. The van der Waals surface area contributed by atoms with Crippen LogP contribution in [0.25, 0.3) is 10.4 Å². The molecule has 2 aromatic heterocycles. The van der Waals surface area contributed by atoms with Crippen LogP contribution < -0.4 is 5.32 Å². The summed E-state index contributed by atoms with van der Waals surface area (Å²) in [5, 5.41) is 2.39. The Hall–Kier alpha value is -2.43. The second-order valence-electron chi connectivity index (χ2n) is 8.96. The minimum absolute atomic E-state index is 0.0662. The Labute approximate surface area is 204 Å². The van der Waals surface area contributed by atoms with E-state index in [0.717, 1.165) is 43.4 Å². The van der Waals surface area contributed by atoms with E-state index < -0.39 is 35.3 Å². The molecule has 0 aromatic carbocycles. The number of hydrogen-bond donors (Lipinski definition) is 1. The summed E-state index contributed by atoms with van der Waals surface area (Å²) in [6.07, 6.45) is 8.35. The van der Waals surface area contributed by atoms with E-state index in [1.54, 1.807) is 0 Å². The van der Waals surface area contributed by atoms with Gasteiger partial charge in [-0.3, -0.25) is 14.4 Å². The number of alkyl halides is 1. The molecule has 0 spiro atoms. The second kappa shape index (κ2) is 9.67. The Balaban J connectivity index is 1.39. The minimum atomic E-state index is -0.822. The molecule has 34 heavy (non-hydrogen) atoms. The van der Waals surface area contributed by atoms with Crippen molar-refractivity contribution >= 4 is 40.5 Å². The highest BCUT2D eigenvalue weighted by Gasteiger charge is 2.53. The highest BCUT2D eigenvalue weighted by molar-refractivity contribution is 7.17. The Morgan fingerprint density at radius 3 is 2.71 bits per heavy atom. The molecule has 2 saturated heterocycles. The molecule has 0 radical (unpaired) electrons. The van der Waals surface area contributed by atoms with Gasteiger partial charge >= 0.3 is 0 Å². The number of rotatable bonds is 5. The molecule has 11 heteroatoms. The lowest BCUT2D eigenvalue weighted by Gasteiger charge is -2.34. The van der Waals surface area contributed by atoms with Gasteiger partial charge in [-0.1, -0.05) is 19.3 Å².